The average Bonchev–Trinajstić information content (AvgIpc) is 2.85. The topological polar surface area (TPSA) is 42.0 Å². The molecule has 1 amide bonds. The minimum Gasteiger partial charge on any atom is -0.496 e. The van der Waals surface area contributed by atoms with Crippen LogP contribution in [0.25, 0.3) is 0 Å². The first-order valence-corrected chi connectivity index (χ1v) is 11.9. The van der Waals surface area contributed by atoms with Gasteiger partial charge in [-0.1, -0.05) is 23.7 Å². The maximum absolute atomic E-state index is 13.3. The zero-order valence-corrected chi connectivity index (χ0v) is 21.0. The average molecular weight is 479 g/mol. The first-order chi connectivity index (χ1) is 16.4. The Kier molecular flexibility index (Phi) is 7.32. The van der Waals surface area contributed by atoms with Crippen molar-refractivity contribution in [3.05, 3.63) is 87.4 Å². The summed E-state index contributed by atoms with van der Waals surface area (Å²) in [5, 5.41) is 0.730. The number of halogens is 1. The molecule has 0 radical (unpaired) electrons. The van der Waals surface area contributed by atoms with Gasteiger partial charge < -0.3 is 19.3 Å². The number of rotatable bonds is 6. The predicted molar refractivity (Wildman–Crippen MR) is 138 cm³/mol. The molecule has 0 spiro atoms. The molecule has 6 heteroatoms. The highest BCUT2D eigenvalue weighted by atomic mass is 35.5. The number of nitrogens with zero attached hydrogens (tertiary/aromatic N) is 2. The Balaban J connectivity index is 1.44. The Morgan fingerprint density at radius 2 is 1.62 bits per heavy atom. The fourth-order valence-electron chi connectivity index (χ4n) is 4.25. The van der Waals surface area contributed by atoms with Crippen molar-refractivity contribution in [3.8, 4) is 11.5 Å². The van der Waals surface area contributed by atoms with Crippen LogP contribution in [-0.4, -0.2) is 44.1 Å². The van der Waals surface area contributed by atoms with Crippen molar-refractivity contribution in [1.29, 1.82) is 0 Å². The molecule has 4 rings (SSSR count). The molecule has 1 fully saturated rings. The maximum Gasteiger partial charge on any atom is 0.253 e. The number of hydrogen-bond donors (Lipinski definition) is 0. The van der Waals surface area contributed by atoms with Crippen LogP contribution in [0.2, 0.25) is 5.02 Å². The van der Waals surface area contributed by atoms with E-state index in [1.807, 2.05) is 59.5 Å². The Labute approximate surface area is 206 Å². The molecule has 1 saturated heterocycles. The maximum atomic E-state index is 13.3. The Morgan fingerprint density at radius 1 is 0.882 bits per heavy atom. The molecule has 0 bridgehead atoms. The van der Waals surface area contributed by atoms with E-state index in [0.29, 0.717) is 31.0 Å². The van der Waals surface area contributed by atoms with Crippen LogP contribution in [0.4, 0.5) is 5.69 Å². The van der Waals surface area contributed by atoms with Crippen molar-refractivity contribution in [1.82, 2.24) is 4.90 Å². The lowest BCUT2D eigenvalue weighted by molar-refractivity contribution is 0.0746. The highest BCUT2D eigenvalue weighted by molar-refractivity contribution is 6.30. The predicted octanol–water partition coefficient (Wildman–Crippen LogP) is 5.82. The Hall–Kier alpha value is -3.18. The molecule has 3 aromatic carbocycles. The zero-order valence-electron chi connectivity index (χ0n) is 20.2. The standard InChI is InChI=1S/C28H31ClN2O3/c1-19-6-9-25(15-21(19)3)34-18-23-16-22(7-10-27(23)33-4)28(32)31-13-11-30(12-14-31)26-17-24(29)8-5-20(26)2/h5-10,15-17H,11-14,18H2,1-4H3. The zero-order chi connectivity index (χ0) is 24.2. The van der Waals surface area contributed by atoms with E-state index in [9.17, 15) is 4.79 Å². The summed E-state index contributed by atoms with van der Waals surface area (Å²) in [6.07, 6.45) is 0. The van der Waals surface area contributed by atoms with Crippen molar-refractivity contribution >= 4 is 23.2 Å². The molecular formula is C28H31ClN2O3. The largest absolute Gasteiger partial charge is 0.496 e. The lowest BCUT2D eigenvalue weighted by Gasteiger charge is -2.37. The number of methoxy groups -OCH3 is 1. The molecule has 0 atom stereocenters. The van der Waals surface area contributed by atoms with Gasteiger partial charge in [-0.15, -0.1) is 0 Å². The summed E-state index contributed by atoms with van der Waals surface area (Å²) >= 11 is 6.20. The van der Waals surface area contributed by atoms with Crippen molar-refractivity contribution in [2.24, 2.45) is 0 Å². The van der Waals surface area contributed by atoms with E-state index in [2.05, 4.69) is 25.7 Å². The molecule has 0 unspecified atom stereocenters. The van der Waals surface area contributed by atoms with E-state index in [1.165, 1.54) is 16.7 Å². The number of carbonyl (C=O) groups is 1. The second kappa shape index (κ2) is 10.4. The van der Waals surface area contributed by atoms with E-state index >= 15 is 0 Å². The molecule has 34 heavy (non-hydrogen) atoms. The van der Waals surface area contributed by atoms with Crippen LogP contribution >= 0.6 is 11.6 Å². The molecule has 0 saturated carbocycles. The van der Waals surface area contributed by atoms with E-state index in [4.69, 9.17) is 21.1 Å². The lowest BCUT2D eigenvalue weighted by atomic mass is 10.1. The van der Waals surface area contributed by atoms with Gasteiger partial charge in [0.25, 0.3) is 5.91 Å². The molecular weight excluding hydrogens is 448 g/mol. The van der Waals surface area contributed by atoms with Crippen LogP contribution in [0.1, 0.15) is 32.6 Å². The van der Waals surface area contributed by atoms with Gasteiger partial charge in [-0.25, -0.2) is 0 Å². The van der Waals surface area contributed by atoms with Crippen LogP contribution in [0.15, 0.2) is 54.6 Å². The molecule has 0 aliphatic carbocycles. The molecule has 1 aliphatic rings. The molecule has 5 nitrogen and oxygen atoms in total. The van der Waals surface area contributed by atoms with E-state index < -0.39 is 0 Å². The van der Waals surface area contributed by atoms with Crippen molar-refractivity contribution in [2.75, 3.05) is 38.2 Å². The Morgan fingerprint density at radius 3 is 2.32 bits per heavy atom. The van der Waals surface area contributed by atoms with Gasteiger partial charge in [-0.05, 0) is 79.9 Å². The summed E-state index contributed by atoms with van der Waals surface area (Å²) in [5.41, 5.74) is 6.22. The lowest BCUT2D eigenvalue weighted by Crippen LogP contribution is -2.49. The van der Waals surface area contributed by atoms with Crippen LogP contribution < -0.4 is 14.4 Å². The van der Waals surface area contributed by atoms with Crippen LogP contribution in [0.5, 0.6) is 11.5 Å². The quantitative estimate of drug-likeness (QED) is 0.448. The van der Waals surface area contributed by atoms with Gasteiger partial charge >= 0.3 is 0 Å². The van der Waals surface area contributed by atoms with Gasteiger partial charge in [-0.2, -0.15) is 0 Å². The van der Waals surface area contributed by atoms with Crippen LogP contribution in [-0.2, 0) is 6.61 Å². The van der Waals surface area contributed by atoms with Gasteiger partial charge in [-0.3, -0.25) is 4.79 Å². The number of hydrogen-bond acceptors (Lipinski definition) is 4. The third-order valence-electron chi connectivity index (χ3n) is 6.48. The molecule has 178 valence electrons. The monoisotopic (exact) mass is 478 g/mol. The first-order valence-electron chi connectivity index (χ1n) is 11.5. The number of piperazine rings is 1. The highest BCUT2D eigenvalue weighted by Crippen LogP contribution is 2.27. The second-order valence-corrected chi connectivity index (χ2v) is 9.21. The van der Waals surface area contributed by atoms with Gasteiger partial charge in [0.1, 0.15) is 18.1 Å². The normalized spacial score (nSPS) is 13.7. The second-order valence-electron chi connectivity index (χ2n) is 8.77. The summed E-state index contributed by atoms with van der Waals surface area (Å²) < 4.78 is 11.5. The number of ether oxygens (including phenoxy) is 2. The van der Waals surface area contributed by atoms with Gasteiger partial charge in [0.2, 0.25) is 0 Å². The van der Waals surface area contributed by atoms with E-state index in [1.54, 1.807) is 7.11 Å². The molecule has 3 aromatic rings. The highest BCUT2D eigenvalue weighted by Gasteiger charge is 2.24. The van der Waals surface area contributed by atoms with Crippen molar-refractivity contribution in [3.63, 3.8) is 0 Å². The Bertz CT molecular complexity index is 1190. The summed E-state index contributed by atoms with van der Waals surface area (Å²) in [6, 6.07) is 17.5. The number of carbonyl (C=O) groups excluding carboxylic acids is 1. The van der Waals surface area contributed by atoms with E-state index in [-0.39, 0.29) is 5.91 Å². The number of amides is 1. The van der Waals surface area contributed by atoms with Crippen molar-refractivity contribution in [2.45, 2.75) is 27.4 Å². The van der Waals surface area contributed by atoms with Gasteiger partial charge in [0.15, 0.2) is 0 Å². The summed E-state index contributed by atoms with van der Waals surface area (Å²) in [7, 11) is 1.63. The minimum absolute atomic E-state index is 0.0255. The first kappa shape index (κ1) is 24.0. The summed E-state index contributed by atoms with van der Waals surface area (Å²) in [6.45, 7) is 9.41. The minimum atomic E-state index is 0.0255. The molecule has 0 aromatic heterocycles. The summed E-state index contributed by atoms with van der Waals surface area (Å²) in [5.74, 6) is 1.54. The smallest absolute Gasteiger partial charge is 0.253 e. The van der Waals surface area contributed by atoms with Crippen LogP contribution in [0.3, 0.4) is 0 Å². The third-order valence-corrected chi connectivity index (χ3v) is 6.71. The van der Waals surface area contributed by atoms with Crippen LogP contribution in [0, 0.1) is 20.8 Å². The SMILES string of the molecule is COc1ccc(C(=O)N2CCN(c3cc(Cl)ccc3C)CC2)cc1COc1ccc(C)c(C)c1. The third kappa shape index (κ3) is 5.31. The molecule has 0 N–H and O–H groups in total. The van der Waals surface area contributed by atoms with E-state index in [0.717, 1.165) is 35.1 Å². The molecule has 1 heterocycles. The molecule has 1 aliphatic heterocycles. The fraction of sp³-hybridized carbons (Fsp3) is 0.321. The fourth-order valence-corrected chi connectivity index (χ4v) is 4.41. The summed E-state index contributed by atoms with van der Waals surface area (Å²) in [4.78, 5) is 17.5. The van der Waals surface area contributed by atoms with Gasteiger partial charge in [0, 0.05) is 48.0 Å². The number of aryl methyl sites for hydroxylation is 3. The van der Waals surface area contributed by atoms with Crippen molar-refractivity contribution < 1.29 is 14.3 Å². The van der Waals surface area contributed by atoms with Gasteiger partial charge in [0.05, 0.1) is 7.11 Å². The number of benzene rings is 3. The number of anilines is 1.